The van der Waals surface area contributed by atoms with Crippen LogP contribution in [0.3, 0.4) is 0 Å². The maximum atomic E-state index is 10.0. The number of allylic oxidation sites excluding steroid dienone is 1. The molecule has 1 heterocycles. The highest BCUT2D eigenvalue weighted by Gasteiger charge is 2.53. The summed E-state index contributed by atoms with van der Waals surface area (Å²) in [7, 11) is 1.68. The molecule has 1 aromatic carbocycles. The van der Waals surface area contributed by atoms with Crippen LogP contribution in [0.25, 0.3) is 0 Å². The van der Waals surface area contributed by atoms with Gasteiger partial charge in [-0.05, 0) is 36.5 Å². The summed E-state index contributed by atoms with van der Waals surface area (Å²) in [6.45, 7) is 7.47. The van der Waals surface area contributed by atoms with Gasteiger partial charge < -0.3 is 14.6 Å². The van der Waals surface area contributed by atoms with Crippen molar-refractivity contribution in [1.29, 1.82) is 0 Å². The Morgan fingerprint density at radius 3 is 2.55 bits per heavy atom. The Morgan fingerprint density at radius 2 is 1.95 bits per heavy atom. The monoisotopic (exact) mass is 302 g/mol. The van der Waals surface area contributed by atoms with E-state index in [1.165, 1.54) is 11.1 Å². The van der Waals surface area contributed by atoms with E-state index in [0.29, 0.717) is 24.4 Å². The van der Waals surface area contributed by atoms with Crippen LogP contribution < -0.4 is 4.74 Å². The Morgan fingerprint density at radius 1 is 1.27 bits per heavy atom. The first-order chi connectivity index (χ1) is 10.5. The third kappa shape index (κ3) is 2.19. The van der Waals surface area contributed by atoms with Crippen molar-refractivity contribution in [1.82, 2.24) is 0 Å². The Kier molecular flexibility index (Phi) is 4.04. The minimum absolute atomic E-state index is 0.0596. The van der Waals surface area contributed by atoms with Crippen LogP contribution in [0.2, 0.25) is 0 Å². The highest BCUT2D eigenvalue weighted by atomic mass is 16.5. The van der Waals surface area contributed by atoms with E-state index in [0.717, 1.165) is 5.75 Å². The van der Waals surface area contributed by atoms with Crippen LogP contribution >= 0.6 is 0 Å². The van der Waals surface area contributed by atoms with E-state index >= 15 is 0 Å². The summed E-state index contributed by atoms with van der Waals surface area (Å²) >= 11 is 0. The van der Waals surface area contributed by atoms with Crippen molar-refractivity contribution < 1.29 is 14.6 Å². The number of fused-ring (bicyclic) bond motifs is 2. The fourth-order valence-electron chi connectivity index (χ4n) is 4.38. The van der Waals surface area contributed by atoms with Gasteiger partial charge in [-0.25, -0.2) is 0 Å². The number of benzene rings is 1. The van der Waals surface area contributed by atoms with Crippen molar-refractivity contribution in [3.63, 3.8) is 0 Å². The summed E-state index contributed by atoms with van der Waals surface area (Å²) in [6.07, 6.45) is 2.39. The lowest BCUT2D eigenvalue weighted by molar-refractivity contribution is -0.165. The van der Waals surface area contributed by atoms with E-state index in [1.807, 2.05) is 12.1 Å². The largest absolute Gasteiger partial charge is 0.497 e. The van der Waals surface area contributed by atoms with Gasteiger partial charge in [-0.3, -0.25) is 0 Å². The second-order valence-electron chi connectivity index (χ2n) is 6.91. The molecule has 1 aromatic rings. The van der Waals surface area contributed by atoms with Crippen molar-refractivity contribution >= 4 is 0 Å². The minimum Gasteiger partial charge on any atom is -0.497 e. The molecular formula is C19H26O3. The quantitative estimate of drug-likeness (QED) is 0.867. The van der Waals surface area contributed by atoms with E-state index < -0.39 is 0 Å². The number of rotatable bonds is 3. The van der Waals surface area contributed by atoms with Gasteiger partial charge in [-0.15, -0.1) is 0 Å². The van der Waals surface area contributed by atoms with E-state index in [-0.39, 0.29) is 18.1 Å². The van der Waals surface area contributed by atoms with E-state index in [1.54, 1.807) is 7.11 Å². The Balaban J connectivity index is 1.97. The number of hydrogen-bond acceptors (Lipinski definition) is 3. The van der Waals surface area contributed by atoms with Crippen LogP contribution in [-0.4, -0.2) is 25.4 Å². The lowest BCUT2D eigenvalue weighted by atomic mass is 9.56. The molecule has 1 saturated heterocycles. The second-order valence-corrected chi connectivity index (χ2v) is 6.91. The van der Waals surface area contributed by atoms with E-state index in [2.05, 4.69) is 39.0 Å². The lowest BCUT2D eigenvalue weighted by Gasteiger charge is -2.55. The van der Waals surface area contributed by atoms with Crippen molar-refractivity contribution in [2.45, 2.75) is 26.9 Å². The average molecular weight is 302 g/mol. The summed E-state index contributed by atoms with van der Waals surface area (Å²) in [4.78, 5) is 0. The van der Waals surface area contributed by atoms with Gasteiger partial charge in [0.05, 0.1) is 26.4 Å². The molecule has 0 radical (unpaired) electrons. The van der Waals surface area contributed by atoms with Gasteiger partial charge in [0.15, 0.2) is 0 Å². The van der Waals surface area contributed by atoms with E-state index in [9.17, 15) is 5.11 Å². The van der Waals surface area contributed by atoms with Gasteiger partial charge in [-0.1, -0.05) is 37.6 Å². The fourth-order valence-corrected chi connectivity index (χ4v) is 4.38. The van der Waals surface area contributed by atoms with Gasteiger partial charge in [0.25, 0.3) is 0 Å². The first kappa shape index (κ1) is 15.6. The smallest absolute Gasteiger partial charge is 0.118 e. The third-order valence-electron chi connectivity index (χ3n) is 5.99. The highest BCUT2D eigenvalue weighted by molar-refractivity contribution is 5.32. The number of aliphatic hydroxyl groups excluding tert-OH is 1. The molecule has 22 heavy (non-hydrogen) atoms. The molecular weight excluding hydrogens is 276 g/mol. The number of hydrogen-bond donors (Lipinski definition) is 1. The molecule has 1 fully saturated rings. The number of aliphatic hydroxyl groups is 1. The Labute approximate surface area is 132 Å². The zero-order chi connectivity index (χ0) is 15.9. The van der Waals surface area contributed by atoms with Crippen molar-refractivity contribution in [2.75, 3.05) is 20.3 Å². The van der Waals surface area contributed by atoms with Crippen molar-refractivity contribution in [3.05, 3.63) is 41.5 Å². The summed E-state index contributed by atoms with van der Waals surface area (Å²) in [5.41, 5.74) is 2.42. The molecule has 1 aliphatic heterocycles. The molecule has 1 N–H and O–H groups in total. The lowest BCUT2D eigenvalue weighted by Crippen LogP contribution is -2.53. The molecule has 0 aromatic heterocycles. The third-order valence-corrected chi connectivity index (χ3v) is 5.99. The normalized spacial score (nSPS) is 37.6. The molecule has 5 atom stereocenters. The molecule has 0 saturated carbocycles. The van der Waals surface area contributed by atoms with Crippen LogP contribution in [0.5, 0.6) is 5.75 Å². The van der Waals surface area contributed by atoms with Gasteiger partial charge in [-0.2, -0.15) is 0 Å². The molecule has 0 amide bonds. The molecule has 2 bridgehead atoms. The molecule has 3 heteroatoms. The zero-order valence-electron chi connectivity index (χ0n) is 13.9. The standard InChI is InChI=1S/C19H26O3/c1-12-9-13(2)19(10-20)11-22-18(17(12)14(19)3)15-5-7-16(21-4)8-6-15/h5-9,13-14,17-18,20H,10-11H2,1-4H3/t13-,14+,17-,18-,19-/m0/s1. The SMILES string of the molecule is COc1ccc([C@@H]2OC[C@]3(CO)[C@H](C)[C@@H]2C(C)=C[C@@H]3C)cc1. The maximum absolute atomic E-state index is 10.0. The summed E-state index contributed by atoms with van der Waals surface area (Å²) in [5, 5.41) is 10.0. The van der Waals surface area contributed by atoms with Crippen LogP contribution in [0.1, 0.15) is 32.4 Å². The molecule has 3 nitrogen and oxygen atoms in total. The maximum Gasteiger partial charge on any atom is 0.118 e. The van der Waals surface area contributed by atoms with Gasteiger partial charge in [0.2, 0.25) is 0 Å². The Bertz CT molecular complexity index is 563. The topological polar surface area (TPSA) is 38.7 Å². The predicted molar refractivity (Wildman–Crippen MR) is 86.8 cm³/mol. The second kappa shape index (κ2) is 5.71. The first-order valence-electron chi connectivity index (χ1n) is 8.08. The fraction of sp³-hybridized carbons (Fsp3) is 0.579. The van der Waals surface area contributed by atoms with Crippen LogP contribution in [-0.2, 0) is 4.74 Å². The van der Waals surface area contributed by atoms with Crippen molar-refractivity contribution in [2.24, 2.45) is 23.2 Å². The van der Waals surface area contributed by atoms with Gasteiger partial charge >= 0.3 is 0 Å². The molecule has 3 rings (SSSR count). The van der Waals surface area contributed by atoms with Crippen LogP contribution in [0.4, 0.5) is 0 Å². The first-order valence-corrected chi connectivity index (χ1v) is 8.08. The Hall–Kier alpha value is -1.32. The number of ether oxygens (including phenoxy) is 2. The molecule has 0 unspecified atom stereocenters. The summed E-state index contributed by atoms with van der Waals surface area (Å²) < 4.78 is 11.5. The van der Waals surface area contributed by atoms with Crippen LogP contribution in [0, 0.1) is 23.2 Å². The molecule has 0 spiro atoms. The average Bonchev–Trinajstić information content (AvgIpc) is 2.53. The van der Waals surface area contributed by atoms with E-state index in [4.69, 9.17) is 9.47 Å². The summed E-state index contributed by atoms with van der Waals surface area (Å²) in [5.74, 6) is 1.94. The predicted octanol–water partition coefficient (Wildman–Crippen LogP) is 3.59. The summed E-state index contributed by atoms with van der Waals surface area (Å²) in [6, 6.07) is 8.16. The van der Waals surface area contributed by atoms with Gasteiger partial charge in [0, 0.05) is 11.3 Å². The molecule has 1 aliphatic carbocycles. The molecule has 2 aliphatic rings. The highest BCUT2D eigenvalue weighted by Crippen LogP contribution is 2.55. The van der Waals surface area contributed by atoms with Gasteiger partial charge in [0.1, 0.15) is 5.75 Å². The molecule has 120 valence electrons. The minimum atomic E-state index is -0.146. The zero-order valence-corrected chi connectivity index (χ0v) is 13.9. The van der Waals surface area contributed by atoms with Crippen LogP contribution in [0.15, 0.2) is 35.9 Å². The van der Waals surface area contributed by atoms with Crippen molar-refractivity contribution in [3.8, 4) is 5.75 Å². The number of methoxy groups -OCH3 is 1.